The van der Waals surface area contributed by atoms with Crippen LogP contribution in [0.3, 0.4) is 0 Å². The van der Waals surface area contributed by atoms with Crippen LogP contribution in [0.25, 0.3) is 0 Å². The average molecular weight is 212 g/mol. The van der Waals surface area contributed by atoms with Gasteiger partial charge in [0.25, 0.3) is 0 Å². The molecule has 0 radical (unpaired) electrons. The lowest BCUT2D eigenvalue weighted by Crippen LogP contribution is -2.20. The van der Waals surface area contributed by atoms with Crippen molar-refractivity contribution in [1.29, 1.82) is 0 Å². The van der Waals surface area contributed by atoms with E-state index in [4.69, 9.17) is 9.84 Å². The summed E-state index contributed by atoms with van der Waals surface area (Å²) in [5.41, 5.74) is 0. The number of hydrogen-bond donors (Lipinski definition) is 1. The predicted octanol–water partition coefficient (Wildman–Crippen LogP) is -0.000700. The minimum Gasteiger partial charge on any atom is -0.480 e. The highest BCUT2D eigenvalue weighted by molar-refractivity contribution is 5.66. The summed E-state index contributed by atoms with van der Waals surface area (Å²) in [6.07, 6.45) is 2.79. The van der Waals surface area contributed by atoms with Gasteiger partial charge >= 0.3 is 5.97 Å². The average Bonchev–Trinajstić information content (AvgIpc) is 2.66. The molecular formula is C8H12N4O3. The van der Waals surface area contributed by atoms with E-state index >= 15 is 0 Å². The number of aliphatic carboxylic acids is 1. The molecule has 1 N–H and O–H groups in total. The Morgan fingerprint density at radius 1 is 1.60 bits per heavy atom. The van der Waals surface area contributed by atoms with Gasteiger partial charge in [-0.3, -0.25) is 4.79 Å². The fourth-order valence-corrected chi connectivity index (χ4v) is 1.63. The summed E-state index contributed by atoms with van der Waals surface area (Å²) in [7, 11) is 0. The van der Waals surface area contributed by atoms with Gasteiger partial charge in [0.1, 0.15) is 12.6 Å². The van der Waals surface area contributed by atoms with E-state index in [2.05, 4.69) is 15.5 Å². The SMILES string of the molecule is O=C(O)Cn1nnnc1C1CCCCO1. The molecule has 2 heterocycles. The van der Waals surface area contributed by atoms with Crippen LogP contribution in [0.5, 0.6) is 0 Å². The van der Waals surface area contributed by atoms with E-state index in [9.17, 15) is 4.79 Å². The fourth-order valence-electron chi connectivity index (χ4n) is 1.63. The summed E-state index contributed by atoms with van der Waals surface area (Å²) in [5, 5.41) is 19.6. The van der Waals surface area contributed by atoms with E-state index in [0.717, 1.165) is 19.3 Å². The molecule has 1 aliphatic rings. The van der Waals surface area contributed by atoms with E-state index in [1.807, 2.05) is 0 Å². The van der Waals surface area contributed by atoms with Crippen LogP contribution in [0.15, 0.2) is 0 Å². The normalized spacial score (nSPS) is 21.5. The van der Waals surface area contributed by atoms with Crippen LogP contribution in [0, 0.1) is 0 Å². The third kappa shape index (κ3) is 2.30. The van der Waals surface area contributed by atoms with Gasteiger partial charge in [0.05, 0.1) is 0 Å². The quantitative estimate of drug-likeness (QED) is 0.758. The Morgan fingerprint density at radius 2 is 2.47 bits per heavy atom. The number of nitrogens with zero attached hydrogens (tertiary/aromatic N) is 4. The van der Waals surface area contributed by atoms with Crippen molar-refractivity contribution < 1.29 is 14.6 Å². The predicted molar refractivity (Wildman–Crippen MR) is 48.0 cm³/mol. The summed E-state index contributed by atoms with van der Waals surface area (Å²) in [4.78, 5) is 10.5. The molecule has 2 rings (SSSR count). The summed E-state index contributed by atoms with van der Waals surface area (Å²) in [6, 6.07) is 0. The Labute approximate surface area is 86.0 Å². The molecule has 82 valence electrons. The molecule has 1 fully saturated rings. The third-order valence-corrected chi connectivity index (χ3v) is 2.31. The fraction of sp³-hybridized carbons (Fsp3) is 0.750. The number of rotatable bonds is 3. The number of ether oxygens (including phenoxy) is 1. The van der Waals surface area contributed by atoms with Crippen molar-refractivity contribution >= 4 is 5.97 Å². The van der Waals surface area contributed by atoms with Gasteiger partial charge in [0, 0.05) is 6.61 Å². The van der Waals surface area contributed by atoms with Crippen molar-refractivity contribution in [3.63, 3.8) is 0 Å². The maximum Gasteiger partial charge on any atom is 0.325 e. The van der Waals surface area contributed by atoms with Crippen molar-refractivity contribution in [1.82, 2.24) is 20.2 Å². The van der Waals surface area contributed by atoms with Crippen LogP contribution in [0.2, 0.25) is 0 Å². The van der Waals surface area contributed by atoms with Gasteiger partial charge in [-0.05, 0) is 29.7 Å². The molecule has 1 unspecified atom stereocenters. The first kappa shape index (κ1) is 10.0. The lowest BCUT2D eigenvalue weighted by atomic mass is 10.1. The van der Waals surface area contributed by atoms with Crippen LogP contribution < -0.4 is 0 Å². The first-order chi connectivity index (χ1) is 7.27. The Morgan fingerprint density at radius 3 is 3.13 bits per heavy atom. The molecule has 7 nitrogen and oxygen atoms in total. The minimum atomic E-state index is -0.959. The number of carbonyl (C=O) groups is 1. The van der Waals surface area contributed by atoms with Gasteiger partial charge in [-0.2, -0.15) is 0 Å². The molecule has 1 aliphatic heterocycles. The van der Waals surface area contributed by atoms with Crippen molar-refractivity contribution in [2.24, 2.45) is 0 Å². The minimum absolute atomic E-state index is 0.159. The van der Waals surface area contributed by atoms with E-state index in [0.29, 0.717) is 12.4 Å². The van der Waals surface area contributed by atoms with Crippen LogP contribution in [0.4, 0.5) is 0 Å². The standard InChI is InChI=1S/C8H12N4O3/c13-7(14)5-12-8(9-10-11-12)6-3-1-2-4-15-6/h6H,1-5H2,(H,13,14). The second kappa shape index (κ2) is 4.35. The van der Waals surface area contributed by atoms with Crippen LogP contribution in [0.1, 0.15) is 31.2 Å². The topological polar surface area (TPSA) is 90.1 Å². The maximum absolute atomic E-state index is 10.5. The van der Waals surface area contributed by atoms with E-state index < -0.39 is 5.97 Å². The summed E-state index contributed by atoms with van der Waals surface area (Å²) < 4.78 is 6.76. The second-order valence-electron chi connectivity index (χ2n) is 3.44. The number of hydrogen-bond acceptors (Lipinski definition) is 5. The van der Waals surface area contributed by atoms with Crippen molar-refractivity contribution in [3.8, 4) is 0 Å². The highest BCUT2D eigenvalue weighted by atomic mass is 16.5. The Bertz CT molecular complexity index is 345. The zero-order valence-corrected chi connectivity index (χ0v) is 8.17. The molecule has 0 spiro atoms. The molecule has 0 aliphatic carbocycles. The van der Waals surface area contributed by atoms with Crippen LogP contribution in [-0.4, -0.2) is 37.9 Å². The lowest BCUT2D eigenvalue weighted by molar-refractivity contribution is -0.138. The van der Waals surface area contributed by atoms with E-state index in [-0.39, 0.29) is 12.6 Å². The van der Waals surface area contributed by atoms with Gasteiger partial charge in [-0.1, -0.05) is 0 Å². The Balaban J connectivity index is 2.12. The molecular weight excluding hydrogens is 200 g/mol. The molecule has 7 heteroatoms. The number of carboxylic acids is 1. The van der Waals surface area contributed by atoms with Crippen molar-refractivity contribution in [2.75, 3.05) is 6.61 Å². The molecule has 0 aromatic carbocycles. The molecule has 1 aromatic heterocycles. The Kier molecular flexibility index (Phi) is 2.91. The molecule has 0 amide bonds. The lowest BCUT2D eigenvalue weighted by Gasteiger charge is -2.21. The van der Waals surface area contributed by atoms with Crippen molar-refractivity contribution in [2.45, 2.75) is 31.9 Å². The monoisotopic (exact) mass is 212 g/mol. The molecule has 1 aromatic rings. The summed E-state index contributed by atoms with van der Waals surface area (Å²) in [5.74, 6) is -0.448. The molecule has 1 saturated heterocycles. The van der Waals surface area contributed by atoms with Crippen LogP contribution >= 0.6 is 0 Å². The first-order valence-electron chi connectivity index (χ1n) is 4.87. The molecule has 1 atom stereocenters. The third-order valence-electron chi connectivity index (χ3n) is 2.31. The zero-order chi connectivity index (χ0) is 10.7. The van der Waals surface area contributed by atoms with Gasteiger partial charge < -0.3 is 9.84 Å². The number of tetrazole rings is 1. The summed E-state index contributed by atoms with van der Waals surface area (Å²) >= 11 is 0. The van der Waals surface area contributed by atoms with Gasteiger partial charge in [0.15, 0.2) is 5.82 Å². The first-order valence-corrected chi connectivity index (χ1v) is 4.87. The highest BCUT2D eigenvalue weighted by Crippen LogP contribution is 2.25. The maximum atomic E-state index is 10.5. The van der Waals surface area contributed by atoms with Crippen molar-refractivity contribution in [3.05, 3.63) is 5.82 Å². The second-order valence-corrected chi connectivity index (χ2v) is 3.44. The largest absolute Gasteiger partial charge is 0.480 e. The number of aromatic nitrogens is 4. The smallest absolute Gasteiger partial charge is 0.325 e. The molecule has 0 saturated carbocycles. The van der Waals surface area contributed by atoms with Gasteiger partial charge in [-0.15, -0.1) is 5.10 Å². The molecule has 0 bridgehead atoms. The highest BCUT2D eigenvalue weighted by Gasteiger charge is 2.23. The molecule has 15 heavy (non-hydrogen) atoms. The van der Waals surface area contributed by atoms with E-state index in [1.54, 1.807) is 0 Å². The Hall–Kier alpha value is -1.50. The van der Waals surface area contributed by atoms with E-state index in [1.165, 1.54) is 4.68 Å². The number of carboxylic acid groups (broad SMARTS) is 1. The zero-order valence-electron chi connectivity index (χ0n) is 8.17. The summed E-state index contributed by atoms with van der Waals surface area (Å²) in [6.45, 7) is 0.465. The van der Waals surface area contributed by atoms with Gasteiger partial charge in [0.2, 0.25) is 0 Å². The van der Waals surface area contributed by atoms with Crippen LogP contribution in [-0.2, 0) is 16.1 Å². The van der Waals surface area contributed by atoms with Gasteiger partial charge in [-0.25, -0.2) is 4.68 Å².